The third kappa shape index (κ3) is 8.06. The average molecular weight is 195 g/mol. The van der Waals surface area contributed by atoms with Gasteiger partial charge in [-0.2, -0.15) is 0 Å². The van der Waals surface area contributed by atoms with Crippen molar-refractivity contribution >= 4 is 0 Å². The molecule has 0 aromatic carbocycles. The van der Waals surface area contributed by atoms with E-state index in [1.807, 2.05) is 0 Å². The molecule has 0 aliphatic rings. The van der Waals surface area contributed by atoms with E-state index in [1.54, 1.807) is 0 Å². The topological polar surface area (TPSA) is 12.0 Å². The van der Waals surface area contributed by atoms with Crippen LogP contribution in [-0.2, 0) is 0 Å². The van der Waals surface area contributed by atoms with Gasteiger partial charge in [0.1, 0.15) is 0 Å². The van der Waals surface area contributed by atoms with E-state index >= 15 is 0 Å². The summed E-state index contributed by atoms with van der Waals surface area (Å²) in [4.78, 5) is 0. The van der Waals surface area contributed by atoms with E-state index in [4.69, 9.17) is 0 Å². The molecule has 0 saturated carbocycles. The van der Waals surface area contributed by atoms with Gasteiger partial charge in [-0.05, 0) is 24.8 Å². The molecule has 14 heavy (non-hydrogen) atoms. The maximum absolute atomic E-state index is 3.99. The molecule has 0 spiro atoms. The molecule has 0 aromatic rings. The Labute approximate surface area is 89.3 Å². The fourth-order valence-electron chi connectivity index (χ4n) is 0.979. The minimum atomic E-state index is 0.557. The zero-order valence-electron chi connectivity index (χ0n) is 10.1. The van der Waals surface area contributed by atoms with Gasteiger partial charge in [-0.3, -0.25) is 0 Å². The summed E-state index contributed by atoms with van der Waals surface area (Å²) in [6, 6.07) is 0. The predicted molar refractivity (Wildman–Crippen MR) is 65.4 cm³/mol. The SMILES string of the molecule is C=C(/C=C/CNCCC(C)C)C(C)C. The summed E-state index contributed by atoms with van der Waals surface area (Å²) in [6.45, 7) is 14.9. The molecular weight excluding hydrogens is 170 g/mol. The monoisotopic (exact) mass is 195 g/mol. The summed E-state index contributed by atoms with van der Waals surface area (Å²) in [6.07, 6.45) is 5.52. The molecule has 0 aromatic heterocycles. The van der Waals surface area contributed by atoms with E-state index in [0.29, 0.717) is 5.92 Å². The van der Waals surface area contributed by atoms with Crippen molar-refractivity contribution in [1.29, 1.82) is 0 Å². The summed E-state index contributed by atoms with van der Waals surface area (Å²) in [5.41, 5.74) is 1.20. The molecular formula is C13H25N. The van der Waals surface area contributed by atoms with Crippen LogP contribution in [0.15, 0.2) is 24.3 Å². The third-order valence-electron chi connectivity index (χ3n) is 2.23. The summed E-state index contributed by atoms with van der Waals surface area (Å²) >= 11 is 0. The lowest BCUT2D eigenvalue weighted by Crippen LogP contribution is -2.16. The van der Waals surface area contributed by atoms with E-state index in [-0.39, 0.29) is 0 Å². The minimum Gasteiger partial charge on any atom is -0.313 e. The highest BCUT2D eigenvalue weighted by Gasteiger charge is 1.94. The number of allylic oxidation sites excluding steroid dienone is 2. The third-order valence-corrected chi connectivity index (χ3v) is 2.23. The maximum atomic E-state index is 3.99. The fourth-order valence-corrected chi connectivity index (χ4v) is 0.979. The zero-order valence-corrected chi connectivity index (χ0v) is 10.1. The number of rotatable bonds is 7. The summed E-state index contributed by atoms with van der Waals surface area (Å²) in [7, 11) is 0. The first-order chi connectivity index (χ1) is 6.54. The zero-order chi connectivity index (χ0) is 11.0. The Balaban J connectivity index is 3.40. The lowest BCUT2D eigenvalue weighted by Gasteiger charge is -2.05. The fraction of sp³-hybridized carbons (Fsp3) is 0.692. The van der Waals surface area contributed by atoms with Gasteiger partial charge >= 0.3 is 0 Å². The molecule has 0 unspecified atom stereocenters. The van der Waals surface area contributed by atoms with Crippen LogP contribution in [0.25, 0.3) is 0 Å². The van der Waals surface area contributed by atoms with Crippen molar-refractivity contribution in [1.82, 2.24) is 5.32 Å². The molecule has 0 aliphatic heterocycles. The van der Waals surface area contributed by atoms with Gasteiger partial charge in [0, 0.05) is 6.54 Å². The highest BCUT2D eigenvalue weighted by molar-refractivity contribution is 5.16. The van der Waals surface area contributed by atoms with Crippen LogP contribution in [0.1, 0.15) is 34.1 Å². The van der Waals surface area contributed by atoms with Crippen LogP contribution in [0.5, 0.6) is 0 Å². The van der Waals surface area contributed by atoms with Crippen LogP contribution in [0.2, 0.25) is 0 Å². The molecule has 0 heterocycles. The largest absolute Gasteiger partial charge is 0.313 e. The lowest BCUT2D eigenvalue weighted by atomic mass is 10.1. The van der Waals surface area contributed by atoms with E-state index in [0.717, 1.165) is 19.0 Å². The molecule has 0 rings (SSSR count). The standard InChI is InChI=1S/C13H25N/c1-11(2)8-10-14-9-6-7-13(5)12(3)4/h6-7,11-12,14H,5,8-10H2,1-4H3/b7-6+. The second-order valence-corrected chi connectivity index (χ2v) is 4.52. The second kappa shape index (κ2) is 7.81. The van der Waals surface area contributed by atoms with Crippen molar-refractivity contribution in [3.8, 4) is 0 Å². The Hall–Kier alpha value is -0.560. The Kier molecular flexibility index (Phi) is 7.50. The summed E-state index contributed by atoms with van der Waals surface area (Å²) < 4.78 is 0. The van der Waals surface area contributed by atoms with Gasteiger partial charge in [-0.15, -0.1) is 0 Å². The van der Waals surface area contributed by atoms with E-state index < -0.39 is 0 Å². The Morgan fingerprint density at radius 1 is 1.29 bits per heavy atom. The van der Waals surface area contributed by atoms with Crippen LogP contribution >= 0.6 is 0 Å². The van der Waals surface area contributed by atoms with E-state index in [2.05, 4.69) is 51.7 Å². The highest BCUT2D eigenvalue weighted by Crippen LogP contribution is 2.06. The van der Waals surface area contributed by atoms with Gasteiger partial charge in [0.15, 0.2) is 0 Å². The van der Waals surface area contributed by atoms with Crippen LogP contribution < -0.4 is 5.32 Å². The molecule has 0 atom stereocenters. The Bertz CT molecular complexity index is 178. The van der Waals surface area contributed by atoms with Crippen molar-refractivity contribution in [2.45, 2.75) is 34.1 Å². The van der Waals surface area contributed by atoms with Crippen molar-refractivity contribution < 1.29 is 0 Å². The van der Waals surface area contributed by atoms with Crippen LogP contribution in [0, 0.1) is 11.8 Å². The van der Waals surface area contributed by atoms with E-state index in [9.17, 15) is 0 Å². The molecule has 1 nitrogen and oxygen atoms in total. The van der Waals surface area contributed by atoms with Gasteiger partial charge in [0.25, 0.3) is 0 Å². The smallest absolute Gasteiger partial charge is 0.0138 e. The second-order valence-electron chi connectivity index (χ2n) is 4.52. The molecule has 0 fully saturated rings. The molecule has 0 bridgehead atoms. The molecule has 0 aliphatic carbocycles. The molecule has 0 amide bonds. The summed E-state index contributed by atoms with van der Waals surface area (Å²) in [5, 5.41) is 3.38. The van der Waals surface area contributed by atoms with Gasteiger partial charge < -0.3 is 5.32 Å². The Morgan fingerprint density at radius 2 is 1.93 bits per heavy atom. The minimum absolute atomic E-state index is 0.557. The Morgan fingerprint density at radius 3 is 2.43 bits per heavy atom. The van der Waals surface area contributed by atoms with Gasteiger partial charge in [-0.1, -0.05) is 52.0 Å². The molecule has 0 saturated heterocycles. The first kappa shape index (κ1) is 13.4. The number of hydrogen-bond donors (Lipinski definition) is 1. The maximum Gasteiger partial charge on any atom is 0.0138 e. The van der Waals surface area contributed by atoms with Crippen molar-refractivity contribution in [3.05, 3.63) is 24.3 Å². The van der Waals surface area contributed by atoms with Gasteiger partial charge in [0.2, 0.25) is 0 Å². The molecule has 0 radical (unpaired) electrons. The van der Waals surface area contributed by atoms with Crippen LogP contribution in [0.4, 0.5) is 0 Å². The molecule has 82 valence electrons. The number of hydrogen-bond acceptors (Lipinski definition) is 1. The highest BCUT2D eigenvalue weighted by atomic mass is 14.8. The molecule has 1 N–H and O–H groups in total. The average Bonchev–Trinajstić information content (AvgIpc) is 2.09. The van der Waals surface area contributed by atoms with Crippen molar-refractivity contribution in [2.24, 2.45) is 11.8 Å². The lowest BCUT2D eigenvalue weighted by molar-refractivity contribution is 0.552. The van der Waals surface area contributed by atoms with E-state index in [1.165, 1.54) is 12.0 Å². The number of nitrogens with one attached hydrogen (secondary N) is 1. The van der Waals surface area contributed by atoms with Gasteiger partial charge in [-0.25, -0.2) is 0 Å². The first-order valence-corrected chi connectivity index (χ1v) is 5.60. The van der Waals surface area contributed by atoms with Crippen molar-refractivity contribution in [2.75, 3.05) is 13.1 Å². The van der Waals surface area contributed by atoms with Gasteiger partial charge in [0.05, 0.1) is 0 Å². The van der Waals surface area contributed by atoms with Crippen molar-refractivity contribution in [3.63, 3.8) is 0 Å². The summed E-state index contributed by atoms with van der Waals surface area (Å²) in [5.74, 6) is 1.35. The quantitative estimate of drug-likeness (QED) is 0.485. The molecule has 1 heteroatoms. The normalized spacial score (nSPS) is 11.9. The van der Waals surface area contributed by atoms with Crippen LogP contribution in [0.3, 0.4) is 0 Å². The predicted octanol–water partition coefficient (Wildman–Crippen LogP) is 3.39. The first-order valence-electron chi connectivity index (χ1n) is 5.60. The van der Waals surface area contributed by atoms with Crippen LogP contribution in [-0.4, -0.2) is 13.1 Å².